The molecule has 2 aromatic carbocycles. The monoisotopic (exact) mass is 480 g/mol. The van der Waals surface area contributed by atoms with Crippen LogP contribution in [0.25, 0.3) is 0 Å². The molecule has 7 nitrogen and oxygen atoms in total. The number of sulfonamides is 1. The standard InChI is InChI=1S/C23H33N2O5PS/c1-5-29-31(26,30-6-2)23(24-21-9-7-8-20(4)18-21)14-16-25(17-15-23)32(27,28)22-12-10-19(3)11-13-22/h7-13,18,24H,5-6,14-17H2,1-4H3. The van der Waals surface area contributed by atoms with Crippen LogP contribution in [0.2, 0.25) is 0 Å². The van der Waals surface area contributed by atoms with Crippen LogP contribution in [0.5, 0.6) is 0 Å². The topological polar surface area (TPSA) is 84.9 Å². The molecule has 3 rings (SSSR count). The van der Waals surface area contributed by atoms with Crippen LogP contribution in [0.1, 0.15) is 37.8 Å². The maximum Gasteiger partial charge on any atom is 0.355 e. The number of hydrogen-bond acceptors (Lipinski definition) is 6. The molecule has 1 heterocycles. The zero-order valence-corrected chi connectivity index (χ0v) is 20.9. The van der Waals surface area contributed by atoms with Crippen LogP contribution in [0.4, 0.5) is 5.69 Å². The molecule has 0 unspecified atom stereocenters. The summed E-state index contributed by atoms with van der Waals surface area (Å²) < 4.78 is 53.3. The van der Waals surface area contributed by atoms with Crippen LogP contribution in [-0.2, 0) is 23.6 Å². The summed E-state index contributed by atoms with van der Waals surface area (Å²) in [7, 11) is -7.24. The molecule has 32 heavy (non-hydrogen) atoms. The quantitative estimate of drug-likeness (QED) is 0.499. The summed E-state index contributed by atoms with van der Waals surface area (Å²) >= 11 is 0. The highest BCUT2D eigenvalue weighted by molar-refractivity contribution is 7.89. The Bertz CT molecular complexity index is 1050. The van der Waals surface area contributed by atoms with Crippen molar-refractivity contribution in [2.45, 2.75) is 50.7 Å². The van der Waals surface area contributed by atoms with Crippen LogP contribution in [0.15, 0.2) is 53.4 Å². The van der Waals surface area contributed by atoms with Crippen LogP contribution in [0.3, 0.4) is 0 Å². The Morgan fingerprint density at radius 3 is 2.09 bits per heavy atom. The van der Waals surface area contributed by atoms with Gasteiger partial charge in [0, 0.05) is 18.8 Å². The van der Waals surface area contributed by atoms with E-state index in [1.165, 1.54) is 4.31 Å². The molecule has 0 aliphatic carbocycles. The smallest absolute Gasteiger partial charge is 0.355 e. The van der Waals surface area contributed by atoms with Gasteiger partial charge in [0.1, 0.15) is 5.28 Å². The molecule has 0 spiro atoms. The van der Waals surface area contributed by atoms with Crippen molar-refractivity contribution >= 4 is 23.3 Å². The summed E-state index contributed by atoms with van der Waals surface area (Å²) in [5.41, 5.74) is 2.87. The number of benzene rings is 2. The third-order valence-electron chi connectivity index (χ3n) is 5.73. The predicted octanol–water partition coefficient (Wildman–Crippen LogP) is 5.16. The zero-order chi connectivity index (χ0) is 23.4. The van der Waals surface area contributed by atoms with E-state index in [4.69, 9.17) is 9.05 Å². The van der Waals surface area contributed by atoms with E-state index < -0.39 is 22.9 Å². The van der Waals surface area contributed by atoms with Gasteiger partial charge >= 0.3 is 7.60 Å². The summed E-state index contributed by atoms with van der Waals surface area (Å²) in [5, 5.41) is 2.41. The minimum atomic E-state index is -3.64. The van der Waals surface area contributed by atoms with Crippen molar-refractivity contribution in [3.63, 3.8) is 0 Å². The van der Waals surface area contributed by atoms with Crippen LogP contribution >= 0.6 is 7.60 Å². The molecule has 0 bridgehead atoms. The molecule has 2 aromatic rings. The van der Waals surface area contributed by atoms with Gasteiger partial charge < -0.3 is 14.4 Å². The summed E-state index contributed by atoms with van der Waals surface area (Å²) in [4.78, 5) is 0.264. The first kappa shape index (κ1) is 24.9. The third-order valence-corrected chi connectivity index (χ3v) is 10.4. The van der Waals surface area contributed by atoms with Crippen molar-refractivity contribution in [2.75, 3.05) is 31.6 Å². The molecule has 0 amide bonds. The van der Waals surface area contributed by atoms with Crippen molar-refractivity contribution < 1.29 is 22.0 Å². The largest absolute Gasteiger partial charge is 0.369 e. The molecule has 176 valence electrons. The molecule has 1 aliphatic rings. The Labute approximate surface area is 191 Å². The fourth-order valence-electron chi connectivity index (χ4n) is 4.04. The van der Waals surface area contributed by atoms with Gasteiger partial charge in [-0.1, -0.05) is 29.8 Å². The Morgan fingerprint density at radius 2 is 1.56 bits per heavy atom. The first-order chi connectivity index (χ1) is 15.2. The minimum Gasteiger partial charge on any atom is -0.369 e. The van der Waals surface area contributed by atoms with E-state index in [1.807, 2.05) is 38.1 Å². The second-order valence-corrected chi connectivity index (χ2v) is 12.4. The van der Waals surface area contributed by atoms with Crippen molar-refractivity contribution in [3.8, 4) is 0 Å². The maximum absolute atomic E-state index is 14.0. The maximum atomic E-state index is 14.0. The zero-order valence-electron chi connectivity index (χ0n) is 19.2. The highest BCUT2D eigenvalue weighted by Gasteiger charge is 2.53. The molecule has 1 N–H and O–H groups in total. The molecule has 1 saturated heterocycles. The Morgan fingerprint density at radius 1 is 0.969 bits per heavy atom. The number of piperidine rings is 1. The summed E-state index contributed by atoms with van der Waals surface area (Å²) in [6.45, 7) is 8.35. The van der Waals surface area contributed by atoms with Gasteiger partial charge in [0.2, 0.25) is 10.0 Å². The molecular weight excluding hydrogens is 447 g/mol. The lowest BCUT2D eigenvalue weighted by atomic mass is 10.0. The minimum absolute atomic E-state index is 0.208. The highest BCUT2D eigenvalue weighted by atomic mass is 32.2. The van der Waals surface area contributed by atoms with Crippen molar-refractivity contribution in [2.24, 2.45) is 0 Å². The Balaban J connectivity index is 1.92. The highest BCUT2D eigenvalue weighted by Crippen LogP contribution is 2.63. The molecular formula is C23H33N2O5PS. The third kappa shape index (κ3) is 5.10. The number of rotatable bonds is 9. The second kappa shape index (κ2) is 10.1. The molecule has 9 heteroatoms. The average Bonchev–Trinajstić information content (AvgIpc) is 2.75. The summed E-state index contributed by atoms with van der Waals surface area (Å²) in [5.74, 6) is 0. The number of nitrogens with zero attached hydrogens (tertiary/aromatic N) is 1. The molecule has 1 fully saturated rings. The lowest BCUT2D eigenvalue weighted by Crippen LogP contribution is -2.51. The average molecular weight is 481 g/mol. The van der Waals surface area contributed by atoms with Gasteiger partial charge in [0.15, 0.2) is 0 Å². The van der Waals surface area contributed by atoms with E-state index in [0.29, 0.717) is 12.8 Å². The predicted molar refractivity (Wildman–Crippen MR) is 128 cm³/mol. The number of nitrogens with one attached hydrogen (secondary N) is 1. The normalized spacial score (nSPS) is 17.2. The summed E-state index contributed by atoms with van der Waals surface area (Å²) in [6.07, 6.45) is 0.590. The lowest BCUT2D eigenvalue weighted by Gasteiger charge is -2.45. The molecule has 0 radical (unpaired) electrons. The lowest BCUT2D eigenvalue weighted by molar-refractivity contribution is 0.179. The van der Waals surface area contributed by atoms with E-state index in [0.717, 1.165) is 16.8 Å². The molecule has 0 atom stereocenters. The first-order valence-electron chi connectivity index (χ1n) is 11.0. The van der Waals surface area contributed by atoms with Gasteiger partial charge in [-0.25, -0.2) is 8.42 Å². The van der Waals surface area contributed by atoms with Gasteiger partial charge in [-0.2, -0.15) is 4.31 Å². The van der Waals surface area contributed by atoms with Gasteiger partial charge in [0.05, 0.1) is 18.1 Å². The number of hydrogen-bond donors (Lipinski definition) is 1. The van der Waals surface area contributed by atoms with Crippen LogP contribution in [0, 0.1) is 13.8 Å². The van der Waals surface area contributed by atoms with E-state index >= 15 is 0 Å². The van der Waals surface area contributed by atoms with Gasteiger partial charge in [-0.3, -0.25) is 4.57 Å². The second-order valence-electron chi connectivity index (χ2n) is 8.08. The molecule has 1 aliphatic heterocycles. The van der Waals surface area contributed by atoms with E-state index in [9.17, 15) is 13.0 Å². The van der Waals surface area contributed by atoms with E-state index in [1.54, 1.807) is 38.1 Å². The van der Waals surface area contributed by atoms with Crippen LogP contribution in [-0.4, -0.2) is 44.3 Å². The first-order valence-corrected chi connectivity index (χ1v) is 13.9. The van der Waals surface area contributed by atoms with Crippen molar-refractivity contribution in [1.82, 2.24) is 4.31 Å². The fourth-order valence-corrected chi connectivity index (χ4v) is 7.74. The van der Waals surface area contributed by atoms with E-state index in [-0.39, 0.29) is 31.2 Å². The van der Waals surface area contributed by atoms with Crippen LogP contribution < -0.4 is 5.32 Å². The number of aryl methyl sites for hydroxylation is 2. The SMILES string of the molecule is CCOP(=O)(OCC)C1(Nc2cccc(C)c2)CCN(S(=O)(=O)c2ccc(C)cc2)CC1. The number of anilines is 1. The van der Waals surface area contributed by atoms with Gasteiger partial charge in [-0.15, -0.1) is 0 Å². The Kier molecular flexibility index (Phi) is 7.84. The van der Waals surface area contributed by atoms with Crippen molar-refractivity contribution in [1.29, 1.82) is 0 Å². The fraction of sp³-hybridized carbons (Fsp3) is 0.478. The van der Waals surface area contributed by atoms with Gasteiger partial charge in [0.25, 0.3) is 0 Å². The summed E-state index contributed by atoms with van der Waals surface area (Å²) in [6, 6.07) is 14.6. The van der Waals surface area contributed by atoms with E-state index in [2.05, 4.69) is 5.32 Å². The van der Waals surface area contributed by atoms with Crippen molar-refractivity contribution in [3.05, 3.63) is 59.7 Å². The molecule has 0 aromatic heterocycles. The van der Waals surface area contributed by atoms with Gasteiger partial charge in [-0.05, 0) is 70.4 Å². The Hall–Kier alpha value is -1.70. The molecule has 0 saturated carbocycles.